The molecule has 0 aliphatic carbocycles. The topological polar surface area (TPSA) is 20.2 Å². The Morgan fingerprint density at radius 3 is 1.14 bits per heavy atom. The lowest BCUT2D eigenvalue weighted by Gasteiger charge is -2.38. The van der Waals surface area contributed by atoms with Crippen molar-refractivity contribution in [3.8, 4) is 0 Å². The maximum absolute atomic E-state index is 10.5. The molecule has 0 aromatic heterocycles. The highest BCUT2D eigenvalue weighted by molar-refractivity contribution is 5.83. The molecule has 0 bridgehead atoms. The molecule has 0 fully saturated rings. The lowest BCUT2D eigenvalue weighted by molar-refractivity contribution is 0.471. The molecule has 1 N–H and O–H groups in total. The highest BCUT2D eigenvalue weighted by Crippen LogP contribution is 2.48. The molecule has 0 saturated carbocycles. The van der Waals surface area contributed by atoms with Gasteiger partial charge in [0.2, 0.25) is 0 Å². The molecular formula is C27H22O. The third-order valence-electron chi connectivity index (χ3n) is 5.24. The highest BCUT2D eigenvalue weighted by Gasteiger charge is 2.40. The molecule has 0 spiro atoms. The van der Waals surface area contributed by atoms with Crippen LogP contribution in [0.4, 0.5) is 0 Å². The summed E-state index contributed by atoms with van der Waals surface area (Å²) in [5.74, 6) is 0. The molecule has 1 heteroatoms. The fourth-order valence-electron chi connectivity index (χ4n) is 4.04. The van der Waals surface area contributed by atoms with Crippen molar-refractivity contribution in [1.82, 2.24) is 0 Å². The fraction of sp³-hybridized carbons (Fsp3) is 0.0370. The summed E-state index contributed by atoms with van der Waals surface area (Å²) in [4.78, 5) is 0. The molecule has 0 unspecified atom stereocenters. The predicted octanol–water partition coefficient (Wildman–Crippen LogP) is 6.62. The number of aliphatic hydroxyl groups excluding tert-OH is 1. The maximum Gasteiger partial charge on any atom is 0.0845 e. The first kappa shape index (κ1) is 17.8. The minimum absolute atomic E-state index is 0.639. The van der Waals surface area contributed by atoms with E-state index in [-0.39, 0.29) is 0 Å². The van der Waals surface area contributed by atoms with Crippen LogP contribution in [0.1, 0.15) is 22.3 Å². The molecule has 4 rings (SSSR count). The van der Waals surface area contributed by atoms with Crippen LogP contribution >= 0.6 is 0 Å². The summed E-state index contributed by atoms with van der Waals surface area (Å²) in [6.45, 7) is 0. The summed E-state index contributed by atoms with van der Waals surface area (Å²) in [5, 5.41) is 10.5. The number of benzene rings is 4. The quantitative estimate of drug-likeness (QED) is 0.312. The molecule has 136 valence electrons. The van der Waals surface area contributed by atoms with Crippen molar-refractivity contribution in [2.45, 2.75) is 5.41 Å². The van der Waals surface area contributed by atoms with Gasteiger partial charge in [-0.15, -0.1) is 0 Å². The van der Waals surface area contributed by atoms with Crippen LogP contribution in [0.2, 0.25) is 0 Å². The largest absolute Gasteiger partial charge is 0.515 e. The molecule has 0 amide bonds. The van der Waals surface area contributed by atoms with Gasteiger partial charge in [-0.2, -0.15) is 0 Å². The van der Waals surface area contributed by atoms with Crippen LogP contribution in [-0.4, -0.2) is 5.11 Å². The van der Waals surface area contributed by atoms with Crippen molar-refractivity contribution in [3.05, 3.63) is 150 Å². The van der Waals surface area contributed by atoms with Gasteiger partial charge in [0.1, 0.15) is 0 Å². The zero-order valence-electron chi connectivity index (χ0n) is 15.6. The summed E-state index contributed by atoms with van der Waals surface area (Å²) in [6, 6.07) is 41.3. The predicted molar refractivity (Wildman–Crippen MR) is 116 cm³/mol. The average molecular weight is 362 g/mol. The molecule has 0 radical (unpaired) electrons. The van der Waals surface area contributed by atoms with Crippen LogP contribution in [-0.2, 0) is 5.41 Å². The zero-order chi connectivity index (χ0) is 19.2. The Bertz CT molecular complexity index is 940. The Morgan fingerprint density at radius 2 is 0.821 bits per heavy atom. The van der Waals surface area contributed by atoms with Gasteiger partial charge in [0, 0.05) is 5.57 Å². The second-order valence-electron chi connectivity index (χ2n) is 6.76. The van der Waals surface area contributed by atoms with E-state index in [2.05, 4.69) is 72.8 Å². The van der Waals surface area contributed by atoms with Crippen LogP contribution in [0.15, 0.2) is 128 Å². The normalized spacial score (nSPS) is 11.9. The van der Waals surface area contributed by atoms with Crippen LogP contribution in [0.3, 0.4) is 0 Å². The van der Waals surface area contributed by atoms with Crippen molar-refractivity contribution in [1.29, 1.82) is 0 Å². The first-order valence-corrected chi connectivity index (χ1v) is 9.44. The second-order valence-corrected chi connectivity index (χ2v) is 6.76. The highest BCUT2D eigenvalue weighted by atomic mass is 16.2. The molecule has 0 aliphatic heterocycles. The van der Waals surface area contributed by atoms with E-state index < -0.39 is 5.41 Å². The van der Waals surface area contributed by atoms with Gasteiger partial charge in [-0.1, -0.05) is 121 Å². The summed E-state index contributed by atoms with van der Waals surface area (Å²) >= 11 is 0. The first-order valence-electron chi connectivity index (χ1n) is 9.44. The minimum Gasteiger partial charge on any atom is -0.515 e. The monoisotopic (exact) mass is 362 g/mol. The number of allylic oxidation sites excluding steroid dienone is 1. The van der Waals surface area contributed by atoms with Gasteiger partial charge in [-0.05, 0) is 22.3 Å². The molecule has 4 aromatic rings. The summed E-state index contributed by atoms with van der Waals surface area (Å²) < 4.78 is 0. The van der Waals surface area contributed by atoms with Gasteiger partial charge >= 0.3 is 0 Å². The molecule has 0 heterocycles. The lowest BCUT2D eigenvalue weighted by atomic mass is 9.63. The van der Waals surface area contributed by atoms with Crippen LogP contribution in [0, 0.1) is 0 Å². The smallest absolute Gasteiger partial charge is 0.0845 e. The summed E-state index contributed by atoms with van der Waals surface area (Å²) in [5.41, 5.74) is 4.52. The third kappa shape index (κ3) is 3.01. The lowest BCUT2D eigenvalue weighted by Crippen LogP contribution is -2.31. The number of rotatable bonds is 5. The standard InChI is InChI=1S/C27H22O/c28-21-26(22-13-5-1-6-14-22)27(23-15-7-2-8-16-23,24-17-9-3-10-18-24)25-19-11-4-12-20-25/h1-21,28H. The minimum atomic E-state index is -0.639. The van der Waals surface area contributed by atoms with Gasteiger partial charge < -0.3 is 5.11 Å². The van der Waals surface area contributed by atoms with Gasteiger partial charge in [0.25, 0.3) is 0 Å². The molecule has 4 aromatic carbocycles. The van der Waals surface area contributed by atoms with E-state index in [0.29, 0.717) is 0 Å². The second kappa shape index (κ2) is 7.98. The number of aliphatic hydroxyl groups is 1. The fourth-order valence-corrected chi connectivity index (χ4v) is 4.04. The summed E-state index contributed by atoms with van der Waals surface area (Å²) in [6.07, 6.45) is 1.27. The van der Waals surface area contributed by atoms with Crippen LogP contribution < -0.4 is 0 Å². The van der Waals surface area contributed by atoms with Crippen LogP contribution in [0.5, 0.6) is 0 Å². The molecule has 0 atom stereocenters. The first-order chi connectivity index (χ1) is 13.9. The van der Waals surface area contributed by atoms with Gasteiger partial charge in [0.05, 0.1) is 11.7 Å². The Balaban J connectivity index is 2.13. The third-order valence-corrected chi connectivity index (χ3v) is 5.24. The molecule has 0 aliphatic rings. The average Bonchev–Trinajstić information content (AvgIpc) is 2.80. The van der Waals surface area contributed by atoms with Crippen molar-refractivity contribution in [2.75, 3.05) is 0 Å². The summed E-state index contributed by atoms with van der Waals surface area (Å²) in [7, 11) is 0. The molecule has 0 saturated heterocycles. The van der Waals surface area contributed by atoms with Gasteiger partial charge in [-0.3, -0.25) is 0 Å². The molecule has 28 heavy (non-hydrogen) atoms. The van der Waals surface area contributed by atoms with Crippen molar-refractivity contribution >= 4 is 5.57 Å². The van der Waals surface area contributed by atoms with Crippen molar-refractivity contribution in [2.24, 2.45) is 0 Å². The Hall–Kier alpha value is -3.58. The number of hydrogen-bond donors (Lipinski definition) is 1. The van der Waals surface area contributed by atoms with Crippen molar-refractivity contribution in [3.63, 3.8) is 0 Å². The Labute approximate surface area is 166 Å². The van der Waals surface area contributed by atoms with E-state index in [9.17, 15) is 5.11 Å². The zero-order valence-corrected chi connectivity index (χ0v) is 15.6. The van der Waals surface area contributed by atoms with E-state index >= 15 is 0 Å². The van der Waals surface area contributed by atoms with Crippen LogP contribution in [0.25, 0.3) is 5.57 Å². The number of hydrogen-bond acceptors (Lipinski definition) is 1. The van der Waals surface area contributed by atoms with E-state index in [1.54, 1.807) is 0 Å². The van der Waals surface area contributed by atoms with E-state index in [0.717, 1.165) is 27.8 Å². The maximum atomic E-state index is 10.5. The Morgan fingerprint density at radius 1 is 0.500 bits per heavy atom. The van der Waals surface area contributed by atoms with E-state index in [4.69, 9.17) is 0 Å². The Kier molecular flexibility index (Phi) is 5.07. The van der Waals surface area contributed by atoms with E-state index in [1.165, 1.54) is 6.26 Å². The SMILES string of the molecule is OC=C(c1ccccc1)C(c1ccccc1)(c1ccccc1)c1ccccc1. The molecule has 1 nitrogen and oxygen atoms in total. The van der Waals surface area contributed by atoms with E-state index in [1.807, 2.05) is 48.5 Å². The van der Waals surface area contributed by atoms with Gasteiger partial charge in [0.15, 0.2) is 0 Å². The van der Waals surface area contributed by atoms with Gasteiger partial charge in [-0.25, -0.2) is 0 Å². The van der Waals surface area contributed by atoms with Crippen molar-refractivity contribution < 1.29 is 5.11 Å². The molecular weight excluding hydrogens is 340 g/mol.